The van der Waals surface area contributed by atoms with Gasteiger partial charge in [-0.3, -0.25) is 14.6 Å². The number of hydrogen-bond acceptors (Lipinski definition) is 7. The molecule has 2 amide bonds. The number of rotatable bonds is 6. The van der Waals surface area contributed by atoms with E-state index in [0.717, 1.165) is 5.82 Å². The molecule has 12 heteroatoms. The molecule has 1 unspecified atom stereocenters. The van der Waals surface area contributed by atoms with Gasteiger partial charge in [0.05, 0.1) is 17.0 Å². The van der Waals surface area contributed by atoms with Crippen LogP contribution in [0.4, 0.5) is 17.2 Å². The number of sulfonamides is 1. The molecule has 10 nitrogen and oxygen atoms in total. The number of benzene rings is 2. The van der Waals surface area contributed by atoms with E-state index in [9.17, 15) is 18.0 Å². The van der Waals surface area contributed by atoms with E-state index in [1.54, 1.807) is 59.9 Å². The van der Waals surface area contributed by atoms with E-state index in [1.165, 1.54) is 16.4 Å². The van der Waals surface area contributed by atoms with Crippen molar-refractivity contribution in [2.75, 3.05) is 47.8 Å². The summed E-state index contributed by atoms with van der Waals surface area (Å²) in [5.41, 5.74) is 1.16. The molecule has 2 fully saturated rings. The largest absolute Gasteiger partial charge is 0.353 e. The summed E-state index contributed by atoms with van der Waals surface area (Å²) in [6.45, 7) is 1.95. The van der Waals surface area contributed by atoms with Crippen LogP contribution < -0.4 is 15.1 Å². The Bertz CT molecular complexity index is 1380. The SMILES string of the molecule is O=C(Nc1ccc(S(=O)(=O)N2CCN(c3cnccn3)CC2)cc1)C1CC(=O)N(c2ccc(Cl)cc2)C1. The second-order valence-electron chi connectivity index (χ2n) is 8.85. The number of aromatic nitrogens is 2. The van der Waals surface area contributed by atoms with Gasteiger partial charge in [0, 0.05) is 67.9 Å². The third-order valence-corrected chi connectivity index (χ3v) is 8.67. The Labute approximate surface area is 219 Å². The zero-order chi connectivity index (χ0) is 26.0. The van der Waals surface area contributed by atoms with Crippen LogP contribution in [0.25, 0.3) is 0 Å². The Morgan fingerprint density at radius 3 is 2.32 bits per heavy atom. The number of anilines is 3. The summed E-state index contributed by atoms with van der Waals surface area (Å²) >= 11 is 5.92. The average Bonchev–Trinajstić information content (AvgIpc) is 3.32. The molecule has 3 heterocycles. The van der Waals surface area contributed by atoms with Crippen molar-refractivity contribution in [1.29, 1.82) is 0 Å². The fraction of sp³-hybridized carbons (Fsp3) is 0.280. The van der Waals surface area contributed by atoms with Crippen molar-refractivity contribution in [2.45, 2.75) is 11.3 Å². The highest BCUT2D eigenvalue weighted by Crippen LogP contribution is 2.28. The van der Waals surface area contributed by atoms with Gasteiger partial charge in [-0.2, -0.15) is 4.31 Å². The van der Waals surface area contributed by atoms with Crippen molar-refractivity contribution in [3.05, 3.63) is 72.1 Å². The van der Waals surface area contributed by atoms with Crippen LogP contribution in [0.1, 0.15) is 6.42 Å². The summed E-state index contributed by atoms with van der Waals surface area (Å²) in [7, 11) is -3.68. The number of nitrogens with zero attached hydrogens (tertiary/aromatic N) is 5. The number of carbonyl (C=O) groups excluding carboxylic acids is 2. The monoisotopic (exact) mass is 540 g/mol. The fourth-order valence-electron chi connectivity index (χ4n) is 4.47. The van der Waals surface area contributed by atoms with E-state index < -0.39 is 15.9 Å². The first-order chi connectivity index (χ1) is 17.8. The summed E-state index contributed by atoms with van der Waals surface area (Å²) in [5, 5.41) is 3.37. The minimum atomic E-state index is -3.68. The number of piperazine rings is 1. The predicted octanol–water partition coefficient (Wildman–Crippen LogP) is 2.63. The second kappa shape index (κ2) is 10.4. The van der Waals surface area contributed by atoms with Gasteiger partial charge in [0.2, 0.25) is 21.8 Å². The van der Waals surface area contributed by atoms with Crippen molar-refractivity contribution >= 4 is 50.6 Å². The molecule has 0 aliphatic carbocycles. The molecule has 0 radical (unpaired) electrons. The van der Waals surface area contributed by atoms with Crippen LogP contribution in [-0.2, 0) is 19.6 Å². The Morgan fingerprint density at radius 2 is 1.68 bits per heavy atom. The smallest absolute Gasteiger partial charge is 0.243 e. The van der Waals surface area contributed by atoms with Gasteiger partial charge in [0.15, 0.2) is 0 Å². The third kappa shape index (κ3) is 5.43. The van der Waals surface area contributed by atoms with Crippen molar-refractivity contribution in [1.82, 2.24) is 14.3 Å². The van der Waals surface area contributed by atoms with Crippen LogP contribution in [0.2, 0.25) is 5.02 Å². The van der Waals surface area contributed by atoms with Crippen LogP contribution in [0, 0.1) is 5.92 Å². The second-order valence-corrected chi connectivity index (χ2v) is 11.2. The quantitative estimate of drug-likeness (QED) is 0.511. The highest BCUT2D eigenvalue weighted by molar-refractivity contribution is 7.89. The predicted molar refractivity (Wildman–Crippen MR) is 140 cm³/mol. The molecule has 2 aromatic carbocycles. The lowest BCUT2D eigenvalue weighted by atomic mass is 10.1. The molecular formula is C25H25ClN6O4S. The zero-order valence-electron chi connectivity index (χ0n) is 19.8. The summed E-state index contributed by atoms with van der Waals surface area (Å²) in [5.74, 6) is -0.221. The minimum Gasteiger partial charge on any atom is -0.353 e. The molecule has 3 aromatic rings. The molecule has 37 heavy (non-hydrogen) atoms. The molecule has 2 aliphatic rings. The lowest BCUT2D eigenvalue weighted by Crippen LogP contribution is -2.48. The summed E-state index contributed by atoms with van der Waals surface area (Å²) in [6.07, 6.45) is 4.97. The summed E-state index contributed by atoms with van der Waals surface area (Å²) < 4.78 is 27.7. The number of amides is 2. The molecule has 0 saturated carbocycles. The van der Waals surface area contributed by atoms with Gasteiger partial charge in [-0.05, 0) is 48.5 Å². The number of halogens is 1. The molecular weight excluding hydrogens is 516 g/mol. The number of nitrogens with one attached hydrogen (secondary N) is 1. The highest BCUT2D eigenvalue weighted by Gasteiger charge is 2.35. The van der Waals surface area contributed by atoms with Gasteiger partial charge in [-0.25, -0.2) is 13.4 Å². The Hall–Kier alpha value is -3.54. The van der Waals surface area contributed by atoms with Gasteiger partial charge < -0.3 is 15.1 Å². The van der Waals surface area contributed by atoms with Crippen LogP contribution in [0.15, 0.2) is 72.0 Å². The summed E-state index contributed by atoms with van der Waals surface area (Å²) in [6, 6.07) is 13.0. The Kier molecular flexibility index (Phi) is 7.09. The van der Waals surface area contributed by atoms with Crippen molar-refractivity contribution in [2.24, 2.45) is 5.92 Å². The number of carbonyl (C=O) groups is 2. The first-order valence-corrected chi connectivity index (χ1v) is 13.6. The molecule has 0 bridgehead atoms. The van der Waals surface area contributed by atoms with E-state index in [2.05, 4.69) is 15.3 Å². The van der Waals surface area contributed by atoms with Crippen molar-refractivity contribution in [3.8, 4) is 0 Å². The van der Waals surface area contributed by atoms with E-state index in [4.69, 9.17) is 11.6 Å². The fourth-order valence-corrected chi connectivity index (χ4v) is 6.02. The lowest BCUT2D eigenvalue weighted by molar-refractivity contribution is -0.122. The molecule has 1 atom stereocenters. The zero-order valence-corrected chi connectivity index (χ0v) is 21.4. The van der Waals surface area contributed by atoms with E-state index >= 15 is 0 Å². The van der Waals surface area contributed by atoms with Crippen molar-refractivity contribution < 1.29 is 18.0 Å². The van der Waals surface area contributed by atoms with Gasteiger partial charge in [-0.1, -0.05) is 11.6 Å². The normalized spacial score (nSPS) is 18.7. The molecule has 2 saturated heterocycles. The van der Waals surface area contributed by atoms with Crippen LogP contribution in [0.5, 0.6) is 0 Å². The maximum atomic E-state index is 13.1. The molecule has 5 rings (SSSR count). The van der Waals surface area contributed by atoms with E-state index in [0.29, 0.717) is 42.6 Å². The molecule has 1 aromatic heterocycles. The van der Waals surface area contributed by atoms with Crippen LogP contribution >= 0.6 is 11.6 Å². The van der Waals surface area contributed by atoms with Gasteiger partial charge in [-0.15, -0.1) is 0 Å². The standard InChI is InChI=1S/C25H25ClN6O4S/c26-19-1-5-21(6-2-19)32-17-18(15-24(32)33)25(34)29-20-3-7-22(8-4-20)37(35,36)31-13-11-30(12-14-31)23-16-27-9-10-28-23/h1-10,16,18H,11-15,17H2,(H,29,34). The maximum absolute atomic E-state index is 13.1. The van der Waals surface area contributed by atoms with E-state index in [1.807, 2.05) is 4.90 Å². The number of hydrogen-bond donors (Lipinski definition) is 1. The van der Waals surface area contributed by atoms with Gasteiger partial charge in [0.1, 0.15) is 5.82 Å². The van der Waals surface area contributed by atoms with Gasteiger partial charge >= 0.3 is 0 Å². The lowest BCUT2D eigenvalue weighted by Gasteiger charge is -2.34. The van der Waals surface area contributed by atoms with Crippen LogP contribution in [-0.4, -0.2) is 67.2 Å². The van der Waals surface area contributed by atoms with Crippen LogP contribution in [0.3, 0.4) is 0 Å². The minimum absolute atomic E-state index is 0.0987. The first-order valence-electron chi connectivity index (χ1n) is 11.8. The summed E-state index contributed by atoms with van der Waals surface area (Å²) in [4.78, 5) is 37.3. The molecule has 0 spiro atoms. The highest BCUT2D eigenvalue weighted by atomic mass is 35.5. The van der Waals surface area contributed by atoms with Gasteiger partial charge in [0.25, 0.3) is 0 Å². The topological polar surface area (TPSA) is 116 Å². The first kappa shape index (κ1) is 25.1. The van der Waals surface area contributed by atoms with Crippen molar-refractivity contribution in [3.63, 3.8) is 0 Å². The van der Waals surface area contributed by atoms with E-state index in [-0.39, 0.29) is 29.7 Å². The maximum Gasteiger partial charge on any atom is 0.243 e. The molecule has 2 aliphatic heterocycles. The molecule has 1 N–H and O–H groups in total. The average molecular weight is 541 g/mol. The Morgan fingerprint density at radius 1 is 0.973 bits per heavy atom. The third-order valence-electron chi connectivity index (χ3n) is 6.51. The Balaban J connectivity index is 1.18. The molecule has 192 valence electrons.